The maximum absolute atomic E-state index is 7.31. The van der Waals surface area contributed by atoms with Crippen LogP contribution in [0.3, 0.4) is 0 Å². The molecule has 2 rings (SSSR count). The maximum atomic E-state index is 7.31. The number of hydrogen-bond donors (Lipinski definition) is 2. The Morgan fingerprint density at radius 3 is 2.85 bits per heavy atom. The summed E-state index contributed by atoms with van der Waals surface area (Å²) in [6.45, 7) is 0. The topological polar surface area (TPSA) is 49.9 Å². The molecule has 66 valence electrons. The second-order valence-corrected chi connectivity index (χ2v) is 5.04. The standard InChI is InChI=1S/C9H7IN2S/c10-6-1-2-7-5(3-6)4-8(13-7)9(11)12/h1-4H,(H3,11,12). The Balaban J connectivity index is 2.68. The van der Waals surface area contributed by atoms with Gasteiger partial charge in [0.1, 0.15) is 5.84 Å². The van der Waals surface area contributed by atoms with E-state index in [1.165, 1.54) is 13.7 Å². The summed E-state index contributed by atoms with van der Waals surface area (Å²) in [5.74, 6) is 0.149. The first-order valence-corrected chi connectivity index (χ1v) is 5.60. The fourth-order valence-electron chi connectivity index (χ4n) is 1.15. The van der Waals surface area contributed by atoms with E-state index in [4.69, 9.17) is 11.1 Å². The Morgan fingerprint density at radius 2 is 2.15 bits per heavy atom. The first kappa shape index (κ1) is 8.96. The van der Waals surface area contributed by atoms with Crippen LogP contribution in [-0.2, 0) is 0 Å². The number of halogens is 1. The molecular weight excluding hydrogens is 295 g/mol. The molecule has 0 unspecified atom stereocenters. The van der Waals surface area contributed by atoms with Gasteiger partial charge >= 0.3 is 0 Å². The van der Waals surface area contributed by atoms with E-state index in [0.717, 1.165) is 4.88 Å². The normalized spacial score (nSPS) is 10.5. The summed E-state index contributed by atoms with van der Waals surface area (Å²) in [4.78, 5) is 0.844. The molecule has 0 bridgehead atoms. The van der Waals surface area contributed by atoms with Crippen LogP contribution in [0, 0.1) is 8.98 Å². The Hall–Kier alpha value is -0.620. The molecule has 2 nitrogen and oxygen atoms in total. The van der Waals surface area contributed by atoms with E-state index in [9.17, 15) is 0 Å². The van der Waals surface area contributed by atoms with Gasteiger partial charge in [0.25, 0.3) is 0 Å². The minimum absolute atomic E-state index is 0.149. The fourth-order valence-corrected chi connectivity index (χ4v) is 2.57. The molecule has 0 aliphatic heterocycles. The molecule has 1 heterocycles. The lowest BCUT2D eigenvalue weighted by molar-refractivity contribution is 1.46. The SMILES string of the molecule is N=C(N)c1cc2cc(I)ccc2s1. The number of rotatable bonds is 1. The van der Waals surface area contributed by atoms with Crippen molar-refractivity contribution in [1.29, 1.82) is 5.41 Å². The molecule has 0 amide bonds. The van der Waals surface area contributed by atoms with Crippen LogP contribution in [0.2, 0.25) is 0 Å². The Labute approximate surface area is 93.4 Å². The monoisotopic (exact) mass is 302 g/mol. The van der Waals surface area contributed by atoms with Crippen LogP contribution in [-0.4, -0.2) is 5.84 Å². The van der Waals surface area contributed by atoms with Crippen molar-refractivity contribution in [2.75, 3.05) is 0 Å². The molecule has 0 spiro atoms. The van der Waals surface area contributed by atoms with E-state index >= 15 is 0 Å². The van der Waals surface area contributed by atoms with Crippen LogP contribution in [0.1, 0.15) is 4.88 Å². The predicted octanol–water partition coefficient (Wildman–Crippen LogP) is 2.79. The number of nitrogen functional groups attached to an aromatic ring is 1. The minimum atomic E-state index is 0.149. The molecule has 0 radical (unpaired) electrons. The summed E-state index contributed by atoms with van der Waals surface area (Å²) in [6.07, 6.45) is 0. The number of nitrogens with two attached hydrogens (primary N) is 1. The van der Waals surface area contributed by atoms with Crippen molar-refractivity contribution in [3.8, 4) is 0 Å². The molecule has 13 heavy (non-hydrogen) atoms. The highest BCUT2D eigenvalue weighted by atomic mass is 127. The van der Waals surface area contributed by atoms with Gasteiger partial charge in [0, 0.05) is 8.27 Å². The largest absolute Gasteiger partial charge is 0.383 e. The number of benzene rings is 1. The van der Waals surface area contributed by atoms with E-state index < -0.39 is 0 Å². The molecule has 3 N–H and O–H groups in total. The molecule has 0 aliphatic rings. The van der Waals surface area contributed by atoms with E-state index in [0.29, 0.717) is 0 Å². The summed E-state index contributed by atoms with van der Waals surface area (Å²) in [7, 11) is 0. The summed E-state index contributed by atoms with van der Waals surface area (Å²) < 4.78 is 2.39. The number of amidine groups is 1. The van der Waals surface area contributed by atoms with Crippen LogP contribution in [0.4, 0.5) is 0 Å². The third kappa shape index (κ3) is 1.68. The second-order valence-electron chi connectivity index (χ2n) is 2.71. The lowest BCUT2D eigenvalue weighted by Gasteiger charge is -1.88. The molecule has 1 aromatic heterocycles. The first-order valence-electron chi connectivity index (χ1n) is 3.70. The quantitative estimate of drug-likeness (QED) is 0.475. The van der Waals surface area contributed by atoms with Gasteiger partial charge in [-0.3, -0.25) is 5.41 Å². The van der Waals surface area contributed by atoms with Crippen LogP contribution in [0.15, 0.2) is 24.3 Å². The molecule has 0 saturated heterocycles. The average molecular weight is 302 g/mol. The van der Waals surface area contributed by atoms with Gasteiger partial charge in [0.15, 0.2) is 0 Å². The van der Waals surface area contributed by atoms with Crippen molar-refractivity contribution in [1.82, 2.24) is 0 Å². The molecular formula is C9H7IN2S. The smallest absolute Gasteiger partial charge is 0.133 e. The van der Waals surface area contributed by atoms with Crippen molar-refractivity contribution >= 4 is 49.8 Å². The molecule has 4 heteroatoms. The summed E-state index contributed by atoms with van der Waals surface area (Å²) >= 11 is 3.84. The van der Waals surface area contributed by atoms with Crippen LogP contribution < -0.4 is 5.73 Å². The molecule has 0 aliphatic carbocycles. The summed E-state index contributed by atoms with van der Waals surface area (Å²) in [5.41, 5.74) is 5.41. The van der Waals surface area contributed by atoms with Gasteiger partial charge in [0.2, 0.25) is 0 Å². The summed E-state index contributed by atoms with van der Waals surface area (Å²) in [6, 6.07) is 8.18. The van der Waals surface area contributed by atoms with Gasteiger partial charge < -0.3 is 5.73 Å². The fraction of sp³-hybridized carbons (Fsp3) is 0. The maximum Gasteiger partial charge on any atom is 0.133 e. The first-order chi connectivity index (χ1) is 6.16. The van der Waals surface area contributed by atoms with Gasteiger partial charge in [-0.2, -0.15) is 0 Å². The Bertz CT molecular complexity index is 475. The molecule has 0 saturated carbocycles. The number of fused-ring (bicyclic) bond motifs is 1. The second kappa shape index (κ2) is 3.26. The third-order valence-corrected chi connectivity index (χ3v) is 3.56. The van der Waals surface area contributed by atoms with Crippen LogP contribution >= 0.6 is 33.9 Å². The third-order valence-electron chi connectivity index (χ3n) is 1.74. The zero-order valence-electron chi connectivity index (χ0n) is 6.67. The highest BCUT2D eigenvalue weighted by Crippen LogP contribution is 2.26. The number of nitrogens with one attached hydrogen (secondary N) is 1. The van der Waals surface area contributed by atoms with E-state index in [1.807, 2.05) is 6.07 Å². The van der Waals surface area contributed by atoms with Gasteiger partial charge in [-0.15, -0.1) is 11.3 Å². The van der Waals surface area contributed by atoms with Crippen molar-refractivity contribution in [2.45, 2.75) is 0 Å². The van der Waals surface area contributed by atoms with Gasteiger partial charge in [-0.25, -0.2) is 0 Å². The highest BCUT2D eigenvalue weighted by molar-refractivity contribution is 14.1. The van der Waals surface area contributed by atoms with Crippen LogP contribution in [0.25, 0.3) is 10.1 Å². The highest BCUT2D eigenvalue weighted by Gasteiger charge is 2.03. The average Bonchev–Trinajstić information content (AvgIpc) is 2.46. The Morgan fingerprint density at radius 1 is 1.38 bits per heavy atom. The summed E-state index contributed by atoms with van der Waals surface area (Å²) in [5, 5.41) is 8.48. The zero-order chi connectivity index (χ0) is 9.42. The van der Waals surface area contributed by atoms with Crippen LogP contribution in [0.5, 0.6) is 0 Å². The van der Waals surface area contributed by atoms with Gasteiger partial charge in [0.05, 0.1) is 4.88 Å². The van der Waals surface area contributed by atoms with E-state index in [-0.39, 0.29) is 5.84 Å². The molecule has 0 atom stereocenters. The minimum Gasteiger partial charge on any atom is -0.383 e. The molecule has 0 fully saturated rings. The van der Waals surface area contributed by atoms with Crippen molar-refractivity contribution in [2.24, 2.45) is 5.73 Å². The lowest BCUT2D eigenvalue weighted by Crippen LogP contribution is -2.08. The number of hydrogen-bond acceptors (Lipinski definition) is 2. The van der Waals surface area contributed by atoms with E-state index in [2.05, 4.69) is 40.8 Å². The Kier molecular flexibility index (Phi) is 2.25. The molecule has 1 aromatic carbocycles. The van der Waals surface area contributed by atoms with E-state index in [1.54, 1.807) is 11.3 Å². The van der Waals surface area contributed by atoms with Crippen molar-refractivity contribution in [3.05, 3.63) is 32.7 Å². The zero-order valence-corrected chi connectivity index (χ0v) is 9.65. The van der Waals surface area contributed by atoms with Gasteiger partial charge in [-0.05, 0) is 52.2 Å². The number of thiophene rings is 1. The molecule has 2 aromatic rings. The van der Waals surface area contributed by atoms with Gasteiger partial charge in [-0.1, -0.05) is 0 Å². The predicted molar refractivity (Wildman–Crippen MR) is 65.6 cm³/mol. The van der Waals surface area contributed by atoms with Crippen molar-refractivity contribution in [3.63, 3.8) is 0 Å². The van der Waals surface area contributed by atoms with Crippen molar-refractivity contribution < 1.29 is 0 Å². The lowest BCUT2D eigenvalue weighted by atomic mass is 10.2.